The number of halogens is 2. The average Bonchev–Trinajstić information content (AvgIpc) is 2.72. The molecule has 29 heavy (non-hydrogen) atoms. The molecule has 0 N–H and O–H groups in total. The molecule has 11 heteroatoms. The quantitative estimate of drug-likeness (QED) is 0.432. The molecular weight excluding hydrogens is 533 g/mol. The van der Waals surface area contributed by atoms with E-state index in [1.807, 2.05) is 48.5 Å². The van der Waals surface area contributed by atoms with Crippen molar-refractivity contribution in [2.45, 2.75) is 36.6 Å². The molecule has 9 rings (SSSR count). The van der Waals surface area contributed by atoms with Crippen LogP contribution < -0.4 is 62.3 Å². The number of hydrogen-bond donors (Lipinski definition) is 0. The third kappa shape index (κ3) is 2.78. The van der Waals surface area contributed by atoms with E-state index in [1.54, 1.807) is 0 Å². The van der Waals surface area contributed by atoms with E-state index in [2.05, 4.69) is 31.9 Å². The second-order valence-electron chi connectivity index (χ2n) is 7.99. The molecule has 6 saturated heterocycles. The maximum absolute atomic E-state index is 6.37. The predicted molar refractivity (Wildman–Crippen MR) is 108 cm³/mol. The minimum Gasteiger partial charge on any atom is -0.534 e. The van der Waals surface area contributed by atoms with Crippen molar-refractivity contribution in [1.29, 1.82) is 0 Å². The Hall–Kier alpha value is 0.926. The van der Waals surface area contributed by atoms with Gasteiger partial charge >= 0.3 is 64.9 Å². The first kappa shape index (κ1) is 20.5. The van der Waals surface area contributed by atoms with Gasteiger partial charge in [0.15, 0.2) is 0 Å². The molecule has 0 amide bonds. The molecule has 2 aromatic carbocycles. The molecule has 144 valence electrons. The van der Waals surface area contributed by atoms with Crippen LogP contribution in [0.2, 0.25) is 0 Å². The van der Waals surface area contributed by atoms with Crippen molar-refractivity contribution < 1.29 is 79.3 Å². The summed E-state index contributed by atoms with van der Waals surface area (Å²) in [6.45, 7) is -4.06. The maximum Gasteiger partial charge on any atom is 1.00 e. The zero-order valence-corrected chi connectivity index (χ0v) is 21.7. The molecule has 0 radical (unpaired) electrons. The Labute approximate surface area is 227 Å². The molecule has 0 aromatic heterocycles. The monoisotopic (exact) mass is 545 g/mol. The molecule has 6 heterocycles. The van der Waals surface area contributed by atoms with Gasteiger partial charge in [-0.05, 0) is 0 Å². The largest absolute Gasteiger partial charge is 1.00 e. The molecule has 6 nitrogen and oxygen atoms in total. The fourth-order valence-corrected chi connectivity index (χ4v) is 5.88. The summed E-state index contributed by atoms with van der Waals surface area (Å²) < 4.78 is 40.2. The summed E-state index contributed by atoms with van der Waals surface area (Å²) in [5, 5.41) is 0. The van der Waals surface area contributed by atoms with Gasteiger partial charge < -0.3 is 27.9 Å². The standard InChI is InChI=1S/C18H14B2Br2O6.K/c21-11-5-1-9(2-6-11)19-23-13-16-14(24-19)18-15(25-19)17(13)27-20(26-16,28-18)10-3-7-12(22)8-4-10;/h1-8,13-18H;/q-2;+1. The molecule has 0 atom stereocenters. The van der Waals surface area contributed by atoms with E-state index in [9.17, 15) is 0 Å². The molecule has 0 spiro atoms. The third-order valence-corrected chi connectivity index (χ3v) is 7.57. The van der Waals surface area contributed by atoms with Gasteiger partial charge in [0, 0.05) is 8.95 Å². The van der Waals surface area contributed by atoms with Gasteiger partial charge in [0.05, 0.1) is 36.6 Å². The summed E-state index contributed by atoms with van der Waals surface area (Å²) in [6.07, 6.45) is -1.38. The molecular formula is C18H14B2Br2KO6-. The van der Waals surface area contributed by atoms with Crippen LogP contribution in [0.4, 0.5) is 0 Å². The van der Waals surface area contributed by atoms with E-state index in [-0.39, 0.29) is 88.0 Å². The Bertz CT molecular complexity index is 835. The average molecular weight is 547 g/mol. The van der Waals surface area contributed by atoms with Crippen LogP contribution in [-0.4, -0.2) is 50.1 Å². The molecule has 8 bridgehead atoms. The Morgan fingerprint density at radius 1 is 0.483 bits per heavy atom. The molecule has 7 aliphatic rings. The van der Waals surface area contributed by atoms with E-state index < -0.39 is 13.5 Å². The van der Waals surface area contributed by atoms with Gasteiger partial charge in [-0.2, -0.15) is 0 Å². The van der Waals surface area contributed by atoms with Gasteiger partial charge in [-0.3, -0.25) is 0 Å². The van der Waals surface area contributed by atoms with Crippen LogP contribution in [0.25, 0.3) is 0 Å². The van der Waals surface area contributed by atoms with E-state index in [1.165, 1.54) is 0 Å². The van der Waals surface area contributed by atoms with Gasteiger partial charge in [0.2, 0.25) is 0 Å². The van der Waals surface area contributed by atoms with E-state index in [4.69, 9.17) is 27.9 Å². The Morgan fingerprint density at radius 2 is 0.724 bits per heavy atom. The first-order valence-electron chi connectivity index (χ1n) is 9.43. The SMILES string of the molecule is Brc1ccc([B-]23OC4C5O[B-]6(c7ccc(Br)cc7)OC4C(O2)C(O6)C5O3)cc1.[K+]. The van der Waals surface area contributed by atoms with E-state index in [0.717, 1.165) is 19.9 Å². The van der Waals surface area contributed by atoms with Gasteiger partial charge in [-0.15, -0.1) is 10.9 Å². The summed E-state index contributed by atoms with van der Waals surface area (Å²) in [7, 11) is 0. The topological polar surface area (TPSA) is 55.4 Å². The Kier molecular flexibility index (Phi) is 4.93. The Morgan fingerprint density at radius 3 is 0.966 bits per heavy atom. The van der Waals surface area contributed by atoms with E-state index in [0.29, 0.717) is 0 Å². The second kappa shape index (κ2) is 6.96. The first-order chi connectivity index (χ1) is 13.6. The molecule has 7 fully saturated rings. The van der Waals surface area contributed by atoms with Crippen LogP contribution in [0.1, 0.15) is 0 Å². The van der Waals surface area contributed by atoms with Crippen molar-refractivity contribution in [2.75, 3.05) is 0 Å². The predicted octanol–water partition coefficient (Wildman–Crippen LogP) is -1.41. The van der Waals surface area contributed by atoms with Crippen LogP contribution in [0.3, 0.4) is 0 Å². The van der Waals surface area contributed by atoms with Crippen LogP contribution >= 0.6 is 31.9 Å². The smallest absolute Gasteiger partial charge is 0.534 e. The minimum atomic E-state index is -2.03. The zero-order valence-electron chi connectivity index (χ0n) is 15.4. The fraction of sp³-hybridized carbons (Fsp3) is 0.333. The van der Waals surface area contributed by atoms with Gasteiger partial charge in [0.25, 0.3) is 0 Å². The second-order valence-corrected chi connectivity index (χ2v) is 9.82. The summed E-state index contributed by atoms with van der Waals surface area (Å²) in [5.74, 6) is 0. The summed E-state index contributed by atoms with van der Waals surface area (Å²) in [5.41, 5.74) is 1.76. The summed E-state index contributed by atoms with van der Waals surface area (Å²) in [4.78, 5) is 0. The van der Waals surface area contributed by atoms with Gasteiger partial charge in [0.1, 0.15) is 0 Å². The van der Waals surface area contributed by atoms with Crippen LogP contribution in [0, 0.1) is 0 Å². The normalized spacial score (nSPS) is 45.4. The molecule has 0 unspecified atom stereocenters. The van der Waals surface area contributed by atoms with Crippen molar-refractivity contribution in [3.8, 4) is 0 Å². The number of benzene rings is 2. The zero-order chi connectivity index (χ0) is 18.7. The van der Waals surface area contributed by atoms with Gasteiger partial charge in [-0.1, -0.05) is 80.4 Å². The van der Waals surface area contributed by atoms with Crippen molar-refractivity contribution in [1.82, 2.24) is 0 Å². The Balaban J connectivity index is 0.00000165. The number of hydrogen-bond acceptors (Lipinski definition) is 6. The molecule has 1 aliphatic carbocycles. The van der Waals surface area contributed by atoms with Crippen LogP contribution in [0.15, 0.2) is 57.5 Å². The third-order valence-electron chi connectivity index (χ3n) is 6.52. The summed E-state index contributed by atoms with van der Waals surface area (Å²) in [6, 6.07) is 15.7. The van der Waals surface area contributed by atoms with Crippen LogP contribution in [0.5, 0.6) is 0 Å². The van der Waals surface area contributed by atoms with Crippen molar-refractivity contribution >= 4 is 56.3 Å². The molecule has 6 aliphatic heterocycles. The van der Waals surface area contributed by atoms with Crippen molar-refractivity contribution in [3.63, 3.8) is 0 Å². The maximum atomic E-state index is 6.37. The first-order valence-corrected chi connectivity index (χ1v) is 11.0. The van der Waals surface area contributed by atoms with Crippen molar-refractivity contribution in [2.24, 2.45) is 0 Å². The summed E-state index contributed by atoms with van der Waals surface area (Å²) >= 11 is 6.93. The fourth-order valence-electron chi connectivity index (χ4n) is 5.35. The minimum absolute atomic E-state index is 0. The number of rotatable bonds is 2. The van der Waals surface area contributed by atoms with Crippen molar-refractivity contribution in [3.05, 3.63) is 57.5 Å². The molecule has 2 aromatic rings. The molecule has 1 saturated carbocycles. The van der Waals surface area contributed by atoms with E-state index >= 15 is 0 Å². The van der Waals surface area contributed by atoms with Crippen LogP contribution in [-0.2, 0) is 27.9 Å². The van der Waals surface area contributed by atoms with Gasteiger partial charge in [-0.25, -0.2) is 0 Å².